The minimum atomic E-state index is 0.221. The molecule has 0 unspecified atom stereocenters. The Labute approximate surface area is 138 Å². The van der Waals surface area contributed by atoms with Crippen molar-refractivity contribution in [2.75, 3.05) is 10.8 Å². The van der Waals surface area contributed by atoms with Crippen LogP contribution in [0.5, 0.6) is 0 Å². The van der Waals surface area contributed by atoms with Crippen molar-refractivity contribution in [2.24, 2.45) is 0 Å². The number of rotatable bonds is 2. The zero-order chi connectivity index (χ0) is 15.7. The second-order valence-electron chi connectivity index (χ2n) is 7.20. The van der Waals surface area contributed by atoms with Gasteiger partial charge < -0.3 is 4.31 Å². The summed E-state index contributed by atoms with van der Waals surface area (Å²) >= 11 is 1.87. The lowest BCUT2D eigenvalue weighted by Gasteiger charge is -2.30. The van der Waals surface area contributed by atoms with Crippen LogP contribution in [0.4, 0.5) is 5.69 Å². The van der Waals surface area contributed by atoms with E-state index in [0.29, 0.717) is 0 Å². The molecular weight excluding hydrogens is 286 g/mol. The standard InChI is InChI=1S/C20H25NS/c1-15-7-12-19-16(14-15)6-5-13-21(19)22-18-10-8-17(9-11-18)20(2,3)4/h7-12,14H,5-6,13H2,1-4H3. The van der Waals surface area contributed by atoms with Crippen LogP contribution in [0.1, 0.15) is 43.9 Å². The van der Waals surface area contributed by atoms with Crippen molar-refractivity contribution in [2.45, 2.75) is 50.8 Å². The Bertz CT molecular complexity index is 652. The van der Waals surface area contributed by atoms with Crippen LogP contribution in [0.15, 0.2) is 47.4 Å². The number of nitrogens with zero attached hydrogens (tertiary/aromatic N) is 1. The number of hydrogen-bond donors (Lipinski definition) is 0. The second-order valence-corrected chi connectivity index (χ2v) is 8.30. The molecule has 2 aromatic carbocycles. The van der Waals surface area contributed by atoms with E-state index in [4.69, 9.17) is 0 Å². The van der Waals surface area contributed by atoms with E-state index in [1.165, 1.54) is 40.1 Å². The number of hydrogen-bond acceptors (Lipinski definition) is 2. The smallest absolute Gasteiger partial charge is 0.0505 e. The molecule has 0 atom stereocenters. The van der Waals surface area contributed by atoms with E-state index in [2.05, 4.69) is 74.5 Å². The fraction of sp³-hybridized carbons (Fsp3) is 0.400. The van der Waals surface area contributed by atoms with Gasteiger partial charge >= 0.3 is 0 Å². The SMILES string of the molecule is Cc1ccc2c(c1)CCCN2Sc1ccc(C(C)(C)C)cc1. The average Bonchev–Trinajstić information content (AvgIpc) is 2.47. The summed E-state index contributed by atoms with van der Waals surface area (Å²) in [6, 6.07) is 15.9. The normalized spacial score (nSPS) is 14.8. The lowest BCUT2D eigenvalue weighted by Crippen LogP contribution is -2.22. The lowest BCUT2D eigenvalue weighted by molar-refractivity contribution is 0.590. The Hall–Kier alpha value is -1.41. The monoisotopic (exact) mass is 311 g/mol. The van der Waals surface area contributed by atoms with E-state index in [0.717, 1.165) is 6.54 Å². The molecule has 0 amide bonds. The number of aryl methyl sites for hydroxylation is 2. The maximum absolute atomic E-state index is 2.45. The number of benzene rings is 2. The van der Waals surface area contributed by atoms with Crippen molar-refractivity contribution in [3.8, 4) is 0 Å². The number of anilines is 1. The van der Waals surface area contributed by atoms with Gasteiger partial charge in [0.1, 0.15) is 0 Å². The Kier molecular flexibility index (Phi) is 4.22. The first-order valence-corrected chi connectivity index (χ1v) is 8.86. The van der Waals surface area contributed by atoms with Crippen LogP contribution in [0.3, 0.4) is 0 Å². The third-order valence-electron chi connectivity index (χ3n) is 4.25. The van der Waals surface area contributed by atoms with Crippen LogP contribution < -0.4 is 4.31 Å². The van der Waals surface area contributed by atoms with Crippen LogP contribution in [-0.2, 0) is 11.8 Å². The van der Waals surface area contributed by atoms with Gasteiger partial charge in [-0.3, -0.25) is 0 Å². The molecule has 0 fully saturated rings. The Morgan fingerprint density at radius 1 is 1.00 bits per heavy atom. The predicted molar refractivity (Wildman–Crippen MR) is 97.8 cm³/mol. The number of fused-ring (bicyclic) bond motifs is 1. The van der Waals surface area contributed by atoms with Crippen molar-refractivity contribution in [1.82, 2.24) is 0 Å². The van der Waals surface area contributed by atoms with Gasteiger partial charge in [0, 0.05) is 11.4 Å². The van der Waals surface area contributed by atoms with Crippen molar-refractivity contribution in [3.63, 3.8) is 0 Å². The molecule has 2 aromatic rings. The third kappa shape index (κ3) is 3.33. The van der Waals surface area contributed by atoms with Gasteiger partial charge in [0.05, 0.1) is 5.69 Å². The Morgan fingerprint density at radius 3 is 2.41 bits per heavy atom. The van der Waals surface area contributed by atoms with E-state index in [9.17, 15) is 0 Å². The van der Waals surface area contributed by atoms with Gasteiger partial charge in [0.25, 0.3) is 0 Å². The summed E-state index contributed by atoms with van der Waals surface area (Å²) in [5.41, 5.74) is 5.86. The summed E-state index contributed by atoms with van der Waals surface area (Å²) < 4.78 is 2.45. The summed E-state index contributed by atoms with van der Waals surface area (Å²) in [6.07, 6.45) is 2.45. The summed E-state index contributed by atoms with van der Waals surface area (Å²) in [5, 5.41) is 0. The van der Waals surface area contributed by atoms with Gasteiger partial charge in [-0.05, 0) is 66.5 Å². The van der Waals surface area contributed by atoms with Gasteiger partial charge in [0.15, 0.2) is 0 Å². The first-order valence-electron chi connectivity index (χ1n) is 8.09. The molecule has 1 nitrogen and oxygen atoms in total. The molecule has 0 saturated carbocycles. The summed E-state index contributed by atoms with van der Waals surface area (Å²) in [5.74, 6) is 0. The van der Waals surface area contributed by atoms with E-state index in [-0.39, 0.29) is 5.41 Å². The largest absolute Gasteiger partial charge is 0.312 e. The van der Waals surface area contributed by atoms with Crippen molar-refractivity contribution in [3.05, 3.63) is 59.2 Å². The molecule has 0 aromatic heterocycles. The highest BCUT2D eigenvalue weighted by Crippen LogP contribution is 2.36. The van der Waals surface area contributed by atoms with E-state index < -0.39 is 0 Å². The minimum absolute atomic E-state index is 0.221. The average molecular weight is 311 g/mol. The molecule has 0 aliphatic carbocycles. The summed E-state index contributed by atoms with van der Waals surface area (Å²) in [4.78, 5) is 1.32. The highest BCUT2D eigenvalue weighted by Gasteiger charge is 2.18. The maximum Gasteiger partial charge on any atom is 0.0505 e. The molecule has 3 rings (SSSR count). The predicted octanol–water partition coefficient (Wildman–Crippen LogP) is 5.75. The van der Waals surface area contributed by atoms with E-state index in [1.807, 2.05) is 11.9 Å². The maximum atomic E-state index is 2.45. The quantitative estimate of drug-likeness (QED) is 0.649. The summed E-state index contributed by atoms with van der Waals surface area (Å²) in [7, 11) is 0. The molecule has 22 heavy (non-hydrogen) atoms. The highest BCUT2D eigenvalue weighted by atomic mass is 32.2. The van der Waals surface area contributed by atoms with Crippen LogP contribution in [0.2, 0.25) is 0 Å². The van der Waals surface area contributed by atoms with E-state index >= 15 is 0 Å². The molecule has 1 aliphatic rings. The van der Waals surface area contributed by atoms with Gasteiger partial charge in [0.2, 0.25) is 0 Å². The van der Waals surface area contributed by atoms with Gasteiger partial charge in [-0.1, -0.05) is 50.6 Å². The first-order chi connectivity index (χ1) is 10.4. The van der Waals surface area contributed by atoms with Crippen LogP contribution in [0, 0.1) is 6.92 Å². The molecule has 116 valence electrons. The van der Waals surface area contributed by atoms with E-state index in [1.54, 1.807) is 0 Å². The lowest BCUT2D eigenvalue weighted by atomic mass is 9.87. The van der Waals surface area contributed by atoms with Crippen LogP contribution in [0.25, 0.3) is 0 Å². The summed E-state index contributed by atoms with van der Waals surface area (Å²) in [6.45, 7) is 10.1. The molecule has 0 radical (unpaired) electrons. The molecule has 1 aliphatic heterocycles. The van der Waals surface area contributed by atoms with Crippen molar-refractivity contribution in [1.29, 1.82) is 0 Å². The zero-order valence-electron chi connectivity index (χ0n) is 14.0. The van der Waals surface area contributed by atoms with Gasteiger partial charge in [-0.25, -0.2) is 0 Å². The van der Waals surface area contributed by atoms with Crippen LogP contribution in [-0.4, -0.2) is 6.54 Å². The van der Waals surface area contributed by atoms with Crippen LogP contribution >= 0.6 is 11.9 Å². The molecule has 2 heteroatoms. The first kappa shape index (κ1) is 15.5. The second kappa shape index (κ2) is 6.00. The van der Waals surface area contributed by atoms with Gasteiger partial charge in [-0.15, -0.1) is 0 Å². The van der Waals surface area contributed by atoms with Gasteiger partial charge in [-0.2, -0.15) is 0 Å². The highest BCUT2D eigenvalue weighted by molar-refractivity contribution is 8.00. The zero-order valence-corrected chi connectivity index (χ0v) is 14.8. The molecule has 1 heterocycles. The third-order valence-corrected chi connectivity index (χ3v) is 5.33. The molecule has 0 N–H and O–H groups in total. The fourth-order valence-corrected chi connectivity index (χ4v) is 3.94. The minimum Gasteiger partial charge on any atom is -0.312 e. The topological polar surface area (TPSA) is 3.24 Å². The van der Waals surface area contributed by atoms with Crippen molar-refractivity contribution >= 4 is 17.6 Å². The van der Waals surface area contributed by atoms with Crippen molar-refractivity contribution < 1.29 is 0 Å². The Balaban J connectivity index is 1.80. The fourth-order valence-electron chi connectivity index (χ4n) is 2.93. The molecule has 0 saturated heterocycles. The molecular formula is C20H25NS. The Morgan fingerprint density at radius 2 is 1.73 bits per heavy atom. The molecule has 0 bridgehead atoms. The molecule has 0 spiro atoms.